The summed E-state index contributed by atoms with van der Waals surface area (Å²) < 4.78 is 0. The predicted octanol–water partition coefficient (Wildman–Crippen LogP) is 3.68. The molecule has 0 aliphatic heterocycles. The zero-order valence-electron chi connectivity index (χ0n) is 10.2. The van der Waals surface area contributed by atoms with Crippen LogP contribution in [-0.2, 0) is 9.63 Å². The Labute approximate surface area is 92.9 Å². The van der Waals surface area contributed by atoms with Crippen molar-refractivity contribution in [2.45, 2.75) is 65.7 Å². The predicted molar refractivity (Wildman–Crippen MR) is 62.9 cm³/mol. The maximum absolute atomic E-state index is 10.5. The average Bonchev–Trinajstić information content (AvgIpc) is 2.22. The van der Waals surface area contributed by atoms with Crippen LogP contribution in [0, 0.1) is 0 Å². The molecule has 0 rings (SSSR count). The first-order chi connectivity index (χ1) is 7.20. The Morgan fingerprint density at radius 2 is 1.80 bits per heavy atom. The lowest BCUT2D eigenvalue weighted by Gasteiger charge is -2.02. The normalized spacial score (nSPS) is 11.5. The molecule has 0 saturated heterocycles. The minimum atomic E-state index is -0.341. The Morgan fingerprint density at radius 3 is 2.33 bits per heavy atom. The van der Waals surface area contributed by atoms with Crippen LogP contribution in [0.1, 0.15) is 65.7 Å². The molecule has 0 fully saturated rings. The minimum absolute atomic E-state index is 0.341. The summed E-state index contributed by atoms with van der Waals surface area (Å²) >= 11 is 0. The highest BCUT2D eigenvalue weighted by molar-refractivity contribution is 5.84. The van der Waals surface area contributed by atoms with E-state index in [9.17, 15) is 4.79 Å². The fourth-order valence-electron chi connectivity index (χ4n) is 1.35. The standard InChI is InChI=1S/C12H23NO2/c1-4-6-7-8-9-10-12(5-2)13-15-11(3)14/h4-10H2,1-3H3. The van der Waals surface area contributed by atoms with Crippen molar-refractivity contribution in [2.24, 2.45) is 5.16 Å². The van der Waals surface area contributed by atoms with Crippen LogP contribution in [0.3, 0.4) is 0 Å². The van der Waals surface area contributed by atoms with Crippen molar-refractivity contribution in [2.75, 3.05) is 0 Å². The lowest BCUT2D eigenvalue weighted by molar-refractivity contribution is -0.140. The highest BCUT2D eigenvalue weighted by Crippen LogP contribution is 2.07. The third-order valence-electron chi connectivity index (χ3n) is 2.28. The van der Waals surface area contributed by atoms with Gasteiger partial charge >= 0.3 is 5.97 Å². The van der Waals surface area contributed by atoms with Gasteiger partial charge in [0.05, 0.1) is 5.71 Å². The van der Waals surface area contributed by atoms with Gasteiger partial charge in [0.15, 0.2) is 0 Å². The molecule has 0 heterocycles. The van der Waals surface area contributed by atoms with Gasteiger partial charge < -0.3 is 4.84 Å². The Balaban J connectivity index is 3.61. The quantitative estimate of drug-likeness (QED) is 0.267. The van der Waals surface area contributed by atoms with Crippen LogP contribution >= 0.6 is 0 Å². The van der Waals surface area contributed by atoms with Gasteiger partial charge in [-0.2, -0.15) is 0 Å². The van der Waals surface area contributed by atoms with Crippen LogP contribution in [0.15, 0.2) is 5.16 Å². The minimum Gasteiger partial charge on any atom is -0.319 e. The number of hydrogen-bond donors (Lipinski definition) is 0. The summed E-state index contributed by atoms with van der Waals surface area (Å²) in [6, 6.07) is 0. The molecule has 88 valence electrons. The second kappa shape index (κ2) is 9.69. The lowest BCUT2D eigenvalue weighted by atomic mass is 10.1. The zero-order valence-corrected chi connectivity index (χ0v) is 10.2. The van der Waals surface area contributed by atoms with Crippen molar-refractivity contribution in [1.29, 1.82) is 0 Å². The molecule has 0 amide bonds. The number of rotatable bonds is 8. The smallest absolute Gasteiger partial charge is 0.319 e. The third-order valence-corrected chi connectivity index (χ3v) is 2.28. The second-order valence-electron chi connectivity index (χ2n) is 3.76. The number of oxime groups is 1. The average molecular weight is 213 g/mol. The Hall–Kier alpha value is -0.860. The maximum Gasteiger partial charge on any atom is 0.331 e. The molecule has 0 aromatic rings. The SMILES string of the molecule is CCCCCCCC(CC)=NOC(C)=O. The van der Waals surface area contributed by atoms with E-state index >= 15 is 0 Å². The molecule has 0 radical (unpaired) electrons. The molecule has 0 aromatic heterocycles. The van der Waals surface area contributed by atoms with Gasteiger partial charge in [-0.25, -0.2) is 4.79 Å². The van der Waals surface area contributed by atoms with Crippen LogP contribution in [0.5, 0.6) is 0 Å². The largest absolute Gasteiger partial charge is 0.331 e. The second-order valence-corrected chi connectivity index (χ2v) is 3.76. The van der Waals surface area contributed by atoms with Gasteiger partial charge in [-0.1, -0.05) is 44.7 Å². The molecule has 0 spiro atoms. The van der Waals surface area contributed by atoms with Crippen LogP contribution < -0.4 is 0 Å². The highest BCUT2D eigenvalue weighted by Gasteiger charge is 1.99. The molecule has 0 bridgehead atoms. The van der Waals surface area contributed by atoms with Gasteiger partial charge in [-0.3, -0.25) is 0 Å². The fourth-order valence-corrected chi connectivity index (χ4v) is 1.35. The van der Waals surface area contributed by atoms with Gasteiger partial charge in [-0.15, -0.1) is 0 Å². The Kier molecular flexibility index (Phi) is 9.13. The molecule has 0 unspecified atom stereocenters. The molecule has 0 aliphatic carbocycles. The van der Waals surface area contributed by atoms with Crippen molar-refractivity contribution >= 4 is 11.7 Å². The molecule has 0 saturated carbocycles. The van der Waals surface area contributed by atoms with E-state index in [4.69, 9.17) is 0 Å². The van der Waals surface area contributed by atoms with Gasteiger partial charge in [0.1, 0.15) is 0 Å². The summed E-state index contributed by atoms with van der Waals surface area (Å²) in [5.41, 5.74) is 0.988. The topological polar surface area (TPSA) is 38.7 Å². The van der Waals surface area contributed by atoms with Gasteiger partial charge in [0, 0.05) is 6.92 Å². The van der Waals surface area contributed by atoms with Crippen molar-refractivity contribution in [3.05, 3.63) is 0 Å². The highest BCUT2D eigenvalue weighted by atomic mass is 16.7. The van der Waals surface area contributed by atoms with E-state index in [1.54, 1.807) is 0 Å². The van der Waals surface area contributed by atoms with Gasteiger partial charge in [0.25, 0.3) is 0 Å². The van der Waals surface area contributed by atoms with Crippen molar-refractivity contribution in [1.82, 2.24) is 0 Å². The van der Waals surface area contributed by atoms with E-state index < -0.39 is 0 Å². The first-order valence-corrected chi connectivity index (χ1v) is 5.94. The molecule has 15 heavy (non-hydrogen) atoms. The van der Waals surface area contributed by atoms with E-state index in [-0.39, 0.29) is 5.97 Å². The molecule has 0 N–H and O–H groups in total. The summed E-state index contributed by atoms with van der Waals surface area (Å²) in [5, 5.41) is 3.83. The van der Waals surface area contributed by atoms with Crippen LogP contribution in [0.4, 0.5) is 0 Å². The van der Waals surface area contributed by atoms with Crippen LogP contribution in [0.2, 0.25) is 0 Å². The zero-order chi connectivity index (χ0) is 11.5. The molecule has 0 aliphatic rings. The number of unbranched alkanes of at least 4 members (excludes halogenated alkanes) is 4. The monoisotopic (exact) mass is 213 g/mol. The van der Waals surface area contributed by atoms with E-state index in [1.807, 2.05) is 6.92 Å². The number of hydrogen-bond acceptors (Lipinski definition) is 3. The van der Waals surface area contributed by atoms with E-state index in [1.165, 1.54) is 32.6 Å². The van der Waals surface area contributed by atoms with E-state index in [2.05, 4.69) is 16.9 Å². The van der Waals surface area contributed by atoms with Crippen molar-refractivity contribution in [3.8, 4) is 0 Å². The molecular weight excluding hydrogens is 190 g/mol. The first-order valence-electron chi connectivity index (χ1n) is 5.94. The van der Waals surface area contributed by atoms with E-state index in [0.29, 0.717) is 0 Å². The Morgan fingerprint density at radius 1 is 1.13 bits per heavy atom. The van der Waals surface area contributed by atoms with E-state index in [0.717, 1.165) is 25.0 Å². The lowest BCUT2D eigenvalue weighted by Crippen LogP contribution is -2.00. The summed E-state index contributed by atoms with van der Waals surface area (Å²) in [7, 11) is 0. The number of carbonyl (C=O) groups excluding carboxylic acids is 1. The first kappa shape index (κ1) is 14.1. The fraction of sp³-hybridized carbons (Fsp3) is 0.833. The number of carbonyl (C=O) groups is 1. The summed E-state index contributed by atoms with van der Waals surface area (Å²) in [5.74, 6) is -0.341. The van der Waals surface area contributed by atoms with Crippen LogP contribution in [-0.4, -0.2) is 11.7 Å². The van der Waals surface area contributed by atoms with Crippen molar-refractivity contribution in [3.63, 3.8) is 0 Å². The number of nitrogens with zero attached hydrogens (tertiary/aromatic N) is 1. The maximum atomic E-state index is 10.5. The van der Waals surface area contributed by atoms with Crippen LogP contribution in [0.25, 0.3) is 0 Å². The third kappa shape index (κ3) is 9.44. The molecular formula is C12H23NO2. The summed E-state index contributed by atoms with van der Waals surface area (Å²) in [6.45, 7) is 5.62. The molecule has 3 heteroatoms. The van der Waals surface area contributed by atoms with Gasteiger partial charge in [0.2, 0.25) is 0 Å². The van der Waals surface area contributed by atoms with Gasteiger partial charge in [-0.05, 0) is 19.3 Å². The molecule has 3 nitrogen and oxygen atoms in total. The summed E-state index contributed by atoms with van der Waals surface area (Å²) in [6.07, 6.45) is 8.07. The van der Waals surface area contributed by atoms with Crippen molar-refractivity contribution < 1.29 is 9.63 Å². The molecule has 0 atom stereocenters. The molecule has 0 aromatic carbocycles. The Bertz CT molecular complexity index is 200. The summed E-state index contributed by atoms with van der Waals surface area (Å²) in [4.78, 5) is 15.2.